The molecule has 1 N–H and O–H groups in total. The van der Waals surface area contributed by atoms with Crippen LogP contribution in [-0.2, 0) is 17.5 Å². The van der Waals surface area contributed by atoms with E-state index in [1.807, 2.05) is 24.3 Å². The van der Waals surface area contributed by atoms with Gasteiger partial charge in [-0.3, -0.25) is 4.79 Å². The van der Waals surface area contributed by atoms with Crippen LogP contribution in [0.15, 0.2) is 70.8 Å². The summed E-state index contributed by atoms with van der Waals surface area (Å²) in [6.07, 6.45) is -2.88. The maximum atomic E-state index is 13.1. The smallest absolute Gasteiger partial charge is 0.325 e. The minimum absolute atomic E-state index is 0.135. The van der Waals surface area contributed by atoms with Crippen LogP contribution in [0.1, 0.15) is 5.56 Å². The van der Waals surface area contributed by atoms with Gasteiger partial charge in [0.25, 0.3) is 0 Å². The molecule has 0 saturated carbocycles. The number of para-hydroxylation sites is 1. The van der Waals surface area contributed by atoms with Crippen molar-refractivity contribution < 1.29 is 18.0 Å². The van der Waals surface area contributed by atoms with E-state index in [0.717, 1.165) is 27.9 Å². The Balaban J connectivity index is 1.72. The summed E-state index contributed by atoms with van der Waals surface area (Å²) in [4.78, 5) is 16.7. The third kappa shape index (κ3) is 5.51. The highest BCUT2D eigenvalue weighted by molar-refractivity contribution is 9.10. The standard InChI is InChI=1S/C20H16BrF3N4OS/c1-2-11-28-18(13-7-9-14(21)10-8-13)26-19(27-28)30-12-17(29)25-16-6-4-3-5-15(16)20(22,23)24/h2-10H,1,11-12H2,(H,25,29). The van der Waals surface area contributed by atoms with Gasteiger partial charge in [-0.15, -0.1) is 11.7 Å². The monoisotopic (exact) mass is 496 g/mol. The van der Waals surface area contributed by atoms with Gasteiger partial charge >= 0.3 is 6.18 Å². The molecule has 0 aliphatic rings. The van der Waals surface area contributed by atoms with Crippen molar-refractivity contribution in [3.8, 4) is 11.4 Å². The first-order valence-corrected chi connectivity index (χ1v) is 10.5. The fourth-order valence-corrected chi connectivity index (χ4v) is 3.50. The Hall–Kier alpha value is -2.59. The number of hydrogen-bond acceptors (Lipinski definition) is 4. The number of benzene rings is 2. The van der Waals surface area contributed by atoms with Gasteiger partial charge in [0.1, 0.15) is 0 Å². The molecule has 3 aromatic rings. The third-order valence-corrected chi connectivity index (χ3v) is 5.26. The van der Waals surface area contributed by atoms with E-state index in [1.165, 1.54) is 18.2 Å². The van der Waals surface area contributed by atoms with Crippen LogP contribution in [0.3, 0.4) is 0 Å². The summed E-state index contributed by atoms with van der Waals surface area (Å²) in [6, 6.07) is 12.3. The number of carbonyl (C=O) groups is 1. The maximum Gasteiger partial charge on any atom is 0.418 e. The fraction of sp³-hybridized carbons (Fsp3) is 0.150. The number of nitrogens with zero attached hydrogens (tertiary/aromatic N) is 3. The van der Waals surface area contributed by atoms with Gasteiger partial charge < -0.3 is 5.32 Å². The summed E-state index contributed by atoms with van der Waals surface area (Å²) in [5.41, 5.74) is -0.339. The van der Waals surface area contributed by atoms with Crippen molar-refractivity contribution >= 4 is 39.3 Å². The molecule has 156 valence electrons. The van der Waals surface area contributed by atoms with E-state index in [1.54, 1.807) is 10.8 Å². The second-order valence-corrected chi connectivity index (χ2v) is 7.93. The predicted octanol–water partition coefficient (Wildman–Crippen LogP) is 5.64. The van der Waals surface area contributed by atoms with Gasteiger partial charge in [0.05, 0.1) is 23.5 Å². The second kappa shape index (κ2) is 9.48. The first kappa shape index (κ1) is 22.1. The van der Waals surface area contributed by atoms with Crippen molar-refractivity contribution in [1.82, 2.24) is 14.8 Å². The number of carbonyl (C=O) groups excluding carboxylic acids is 1. The number of allylic oxidation sites excluding steroid dienone is 1. The van der Waals surface area contributed by atoms with Crippen molar-refractivity contribution in [1.29, 1.82) is 0 Å². The number of nitrogens with one attached hydrogen (secondary N) is 1. The molecule has 2 aromatic carbocycles. The third-order valence-electron chi connectivity index (χ3n) is 3.90. The molecule has 0 radical (unpaired) electrons. The van der Waals surface area contributed by atoms with Gasteiger partial charge in [0.15, 0.2) is 5.82 Å². The largest absolute Gasteiger partial charge is 0.418 e. The highest BCUT2D eigenvalue weighted by Gasteiger charge is 2.33. The van der Waals surface area contributed by atoms with Crippen molar-refractivity contribution in [3.05, 3.63) is 71.2 Å². The molecule has 30 heavy (non-hydrogen) atoms. The first-order chi connectivity index (χ1) is 14.3. The Labute approximate surface area is 183 Å². The van der Waals surface area contributed by atoms with Crippen molar-refractivity contribution in [2.75, 3.05) is 11.1 Å². The van der Waals surface area contributed by atoms with Crippen LogP contribution in [0.5, 0.6) is 0 Å². The molecule has 0 bridgehead atoms. The van der Waals surface area contributed by atoms with Gasteiger partial charge in [0, 0.05) is 10.0 Å². The topological polar surface area (TPSA) is 59.8 Å². The van der Waals surface area contributed by atoms with Crippen LogP contribution in [-0.4, -0.2) is 26.4 Å². The average Bonchev–Trinajstić information content (AvgIpc) is 3.10. The molecular weight excluding hydrogens is 481 g/mol. The van der Waals surface area contributed by atoms with E-state index in [4.69, 9.17) is 0 Å². The molecule has 1 amide bonds. The molecule has 0 atom stereocenters. The molecule has 5 nitrogen and oxygen atoms in total. The number of aromatic nitrogens is 3. The Morgan fingerprint density at radius 1 is 1.20 bits per heavy atom. The van der Waals surface area contributed by atoms with Crippen molar-refractivity contribution in [2.45, 2.75) is 17.9 Å². The van der Waals surface area contributed by atoms with Crippen LogP contribution in [0.4, 0.5) is 18.9 Å². The summed E-state index contributed by atoms with van der Waals surface area (Å²) in [7, 11) is 0. The summed E-state index contributed by atoms with van der Waals surface area (Å²) < 4.78 is 41.8. The van der Waals surface area contributed by atoms with Gasteiger partial charge in [-0.2, -0.15) is 13.2 Å². The van der Waals surface area contributed by atoms with Crippen molar-refractivity contribution in [2.24, 2.45) is 0 Å². The van der Waals surface area contributed by atoms with E-state index in [9.17, 15) is 18.0 Å². The van der Waals surface area contributed by atoms with E-state index in [2.05, 4.69) is 37.9 Å². The molecule has 1 heterocycles. The lowest BCUT2D eigenvalue weighted by Gasteiger charge is -2.13. The molecular formula is C20H16BrF3N4OS. The number of rotatable bonds is 7. The first-order valence-electron chi connectivity index (χ1n) is 8.68. The highest BCUT2D eigenvalue weighted by atomic mass is 79.9. The van der Waals surface area contributed by atoms with Gasteiger partial charge in [-0.05, 0) is 24.3 Å². The number of thioether (sulfide) groups is 1. The SMILES string of the molecule is C=CCn1nc(SCC(=O)Nc2ccccc2C(F)(F)F)nc1-c1ccc(Br)cc1. The number of alkyl halides is 3. The number of amides is 1. The summed E-state index contributed by atoms with van der Waals surface area (Å²) in [6.45, 7) is 4.13. The Bertz CT molecular complexity index is 1050. The Kier molecular flexibility index (Phi) is 6.99. The van der Waals surface area contributed by atoms with E-state index in [-0.39, 0.29) is 11.4 Å². The van der Waals surface area contributed by atoms with E-state index < -0.39 is 17.6 Å². The normalized spacial score (nSPS) is 11.3. The zero-order valence-corrected chi connectivity index (χ0v) is 17.9. The molecule has 3 rings (SSSR count). The van der Waals surface area contributed by atoms with Gasteiger partial charge in [-0.1, -0.05) is 58.0 Å². The molecule has 0 unspecified atom stereocenters. The molecule has 0 fully saturated rings. The summed E-state index contributed by atoms with van der Waals surface area (Å²) in [5.74, 6) is -0.112. The molecule has 1 aromatic heterocycles. The average molecular weight is 497 g/mol. The van der Waals surface area contributed by atoms with Crippen LogP contribution in [0.2, 0.25) is 0 Å². The molecule has 10 heteroatoms. The summed E-state index contributed by atoms with van der Waals surface area (Å²) in [5, 5.41) is 7.01. The highest BCUT2D eigenvalue weighted by Crippen LogP contribution is 2.34. The second-order valence-electron chi connectivity index (χ2n) is 6.08. The van der Waals surface area contributed by atoms with Crippen LogP contribution < -0.4 is 5.32 Å². The number of halogens is 4. The lowest BCUT2D eigenvalue weighted by molar-refractivity contribution is -0.137. The minimum Gasteiger partial charge on any atom is -0.325 e. The van der Waals surface area contributed by atoms with E-state index in [0.29, 0.717) is 17.5 Å². The summed E-state index contributed by atoms with van der Waals surface area (Å²) >= 11 is 4.42. The maximum absolute atomic E-state index is 13.1. The zero-order valence-electron chi connectivity index (χ0n) is 15.5. The van der Waals surface area contributed by atoms with Crippen LogP contribution in [0, 0.1) is 0 Å². The van der Waals surface area contributed by atoms with Crippen molar-refractivity contribution in [3.63, 3.8) is 0 Å². The minimum atomic E-state index is -4.55. The Morgan fingerprint density at radius 2 is 1.90 bits per heavy atom. The lowest BCUT2D eigenvalue weighted by atomic mass is 10.1. The van der Waals surface area contributed by atoms with Gasteiger partial charge in [0.2, 0.25) is 11.1 Å². The predicted molar refractivity (Wildman–Crippen MR) is 114 cm³/mol. The van der Waals surface area contributed by atoms with E-state index >= 15 is 0 Å². The number of anilines is 1. The molecule has 0 saturated heterocycles. The fourth-order valence-electron chi connectivity index (χ4n) is 2.60. The van der Waals surface area contributed by atoms with Crippen LogP contribution in [0.25, 0.3) is 11.4 Å². The zero-order chi connectivity index (χ0) is 21.7. The molecule has 0 aliphatic heterocycles. The molecule has 0 aliphatic carbocycles. The van der Waals surface area contributed by atoms with Gasteiger partial charge in [-0.25, -0.2) is 9.67 Å². The lowest BCUT2D eigenvalue weighted by Crippen LogP contribution is -2.18. The Morgan fingerprint density at radius 3 is 2.57 bits per heavy atom. The van der Waals surface area contributed by atoms with Crippen LogP contribution >= 0.6 is 27.7 Å². The number of hydrogen-bond donors (Lipinski definition) is 1. The quantitative estimate of drug-likeness (QED) is 0.339. The molecule has 0 spiro atoms.